The first kappa shape index (κ1) is 21.5. The molecule has 0 atom stereocenters. The molecule has 0 unspecified atom stereocenters. The number of rotatable bonds is 8. The maximum Gasteiger partial charge on any atom is 0.326 e. The van der Waals surface area contributed by atoms with Crippen LogP contribution >= 0.6 is 11.6 Å². The molecule has 3 heterocycles. The van der Waals surface area contributed by atoms with Crippen molar-refractivity contribution in [1.29, 1.82) is 0 Å². The number of amides is 3. The van der Waals surface area contributed by atoms with E-state index in [0.717, 1.165) is 0 Å². The first-order valence-corrected chi connectivity index (χ1v) is 9.96. The van der Waals surface area contributed by atoms with Crippen molar-refractivity contribution in [3.8, 4) is 0 Å². The van der Waals surface area contributed by atoms with Gasteiger partial charge in [-0.15, -0.1) is 0 Å². The Bertz CT molecular complexity index is 1230. The van der Waals surface area contributed by atoms with E-state index in [2.05, 4.69) is 36.3 Å². The second kappa shape index (κ2) is 9.16. The largest absolute Gasteiger partial charge is 0.380 e. The maximum atomic E-state index is 13.5. The van der Waals surface area contributed by atoms with Crippen LogP contribution in [0.15, 0.2) is 30.1 Å². The van der Waals surface area contributed by atoms with Gasteiger partial charge in [0.1, 0.15) is 11.5 Å². The van der Waals surface area contributed by atoms with Crippen molar-refractivity contribution >= 4 is 52.8 Å². The topological polar surface area (TPSA) is 135 Å². The lowest BCUT2D eigenvalue weighted by molar-refractivity contribution is -0.115. The second-order valence-corrected chi connectivity index (χ2v) is 6.96. The predicted molar refractivity (Wildman–Crippen MR) is 115 cm³/mol. The van der Waals surface area contributed by atoms with Crippen LogP contribution in [-0.2, 0) is 9.53 Å². The molecular weight excluding hydrogens is 443 g/mol. The number of halogens is 2. The van der Waals surface area contributed by atoms with Crippen LogP contribution in [0.3, 0.4) is 0 Å². The summed E-state index contributed by atoms with van der Waals surface area (Å²) in [5, 5.41) is 14.9. The van der Waals surface area contributed by atoms with Crippen LogP contribution in [0.5, 0.6) is 0 Å². The number of anilines is 3. The van der Waals surface area contributed by atoms with E-state index in [9.17, 15) is 14.0 Å². The third-order valence-electron chi connectivity index (χ3n) is 4.32. The molecule has 0 radical (unpaired) electrons. The third kappa shape index (κ3) is 4.60. The minimum atomic E-state index is -0.610. The molecule has 1 aliphatic rings. The fourth-order valence-electron chi connectivity index (χ4n) is 2.89. The van der Waals surface area contributed by atoms with Crippen molar-refractivity contribution < 1.29 is 18.7 Å². The number of imide groups is 1. The molecule has 11 nitrogen and oxygen atoms in total. The first-order chi connectivity index (χ1) is 15.4. The van der Waals surface area contributed by atoms with Crippen molar-refractivity contribution in [3.63, 3.8) is 0 Å². The number of hydrogen-bond acceptors (Lipinski definition) is 8. The number of carbonyl (C=O) groups excluding carboxylic acids is 2. The zero-order valence-electron chi connectivity index (χ0n) is 16.8. The Morgan fingerprint density at radius 1 is 1.28 bits per heavy atom. The van der Waals surface area contributed by atoms with E-state index in [1.165, 1.54) is 35.0 Å². The van der Waals surface area contributed by atoms with Crippen molar-refractivity contribution in [2.24, 2.45) is 0 Å². The molecule has 1 fully saturated rings. The first-order valence-electron chi connectivity index (χ1n) is 9.58. The molecule has 3 amide bonds. The van der Waals surface area contributed by atoms with E-state index in [-0.39, 0.29) is 16.7 Å². The molecule has 4 rings (SSSR count). The fraction of sp³-hybridized carbons (Fsp3) is 0.211. The predicted octanol–water partition coefficient (Wildman–Crippen LogP) is 2.29. The number of aromatic nitrogens is 4. The normalized spacial score (nSPS) is 14.7. The molecule has 0 spiro atoms. The second-order valence-electron chi connectivity index (χ2n) is 6.55. The van der Waals surface area contributed by atoms with Crippen LogP contribution in [0.4, 0.5) is 26.8 Å². The van der Waals surface area contributed by atoms with Crippen molar-refractivity contribution in [2.75, 3.05) is 30.4 Å². The van der Waals surface area contributed by atoms with E-state index in [0.29, 0.717) is 42.6 Å². The average molecular weight is 461 g/mol. The molecule has 1 aliphatic heterocycles. The fourth-order valence-corrected chi connectivity index (χ4v) is 3.07. The molecule has 0 saturated carbocycles. The lowest BCUT2D eigenvalue weighted by Crippen LogP contribution is -2.22. The summed E-state index contributed by atoms with van der Waals surface area (Å²) in [6.45, 7) is 3.37. The summed E-state index contributed by atoms with van der Waals surface area (Å²) in [6, 6.07) is 3.51. The molecule has 4 N–H and O–H groups in total. The quantitative estimate of drug-likeness (QED) is 0.228. The van der Waals surface area contributed by atoms with Gasteiger partial charge in [0.25, 0.3) is 5.91 Å². The van der Waals surface area contributed by atoms with Gasteiger partial charge in [0.05, 0.1) is 17.8 Å². The number of ether oxygens (including phenoxy) is 1. The number of hydrogen-bond donors (Lipinski definition) is 4. The molecule has 2 aromatic heterocycles. The minimum Gasteiger partial charge on any atom is -0.380 e. The number of carbonyl (C=O) groups is 2. The highest BCUT2D eigenvalue weighted by Crippen LogP contribution is 2.23. The molecule has 3 aromatic rings. The number of nitrogens with one attached hydrogen (secondary N) is 4. The Labute approximate surface area is 186 Å². The Kier molecular flexibility index (Phi) is 6.14. The van der Waals surface area contributed by atoms with Gasteiger partial charge in [-0.2, -0.15) is 19.6 Å². The SMILES string of the molecule is CCOCCNc1nc(Nc2ccc(F)c(Cl)c2)nc2c(/C=C3\NC(=O)NC3=O)cnn12. The average Bonchev–Trinajstić information content (AvgIpc) is 3.30. The summed E-state index contributed by atoms with van der Waals surface area (Å²) in [7, 11) is 0. The number of urea groups is 1. The highest BCUT2D eigenvalue weighted by molar-refractivity contribution is 6.31. The van der Waals surface area contributed by atoms with Crippen LogP contribution in [0.2, 0.25) is 5.02 Å². The van der Waals surface area contributed by atoms with E-state index in [1.807, 2.05) is 6.92 Å². The van der Waals surface area contributed by atoms with Gasteiger partial charge in [-0.1, -0.05) is 11.6 Å². The summed E-state index contributed by atoms with van der Waals surface area (Å²) in [4.78, 5) is 32.1. The number of fused-ring (bicyclic) bond motifs is 1. The lowest BCUT2D eigenvalue weighted by atomic mass is 10.2. The Morgan fingerprint density at radius 2 is 2.12 bits per heavy atom. The maximum absolute atomic E-state index is 13.5. The van der Waals surface area contributed by atoms with Gasteiger partial charge < -0.3 is 20.7 Å². The Morgan fingerprint density at radius 3 is 2.84 bits per heavy atom. The lowest BCUT2D eigenvalue weighted by Gasteiger charge is -2.11. The molecule has 1 aromatic carbocycles. The number of benzene rings is 1. The van der Waals surface area contributed by atoms with Gasteiger partial charge in [0, 0.05) is 24.4 Å². The van der Waals surface area contributed by atoms with Gasteiger partial charge in [-0.3, -0.25) is 10.1 Å². The van der Waals surface area contributed by atoms with Crippen molar-refractivity contribution in [3.05, 3.63) is 46.5 Å². The molecular formula is C19H18ClFN8O3. The highest BCUT2D eigenvalue weighted by Gasteiger charge is 2.24. The van der Waals surface area contributed by atoms with Crippen LogP contribution in [0.25, 0.3) is 11.7 Å². The van der Waals surface area contributed by atoms with Gasteiger partial charge in [-0.25, -0.2) is 9.18 Å². The van der Waals surface area contributed by atoms with Crippen LogP contribution in [-0.4, -0.2) is 51.3 Å². The Hall–Kier alpha value is -3.77. The number of nitrogens with zero attached hydrogens (tertiary/aromatic N) is 4. The molecule has 166 valence electrons. The molecule has 13 heteroatoms. The monoisotopic (exact) mass is 460 g/mol. The summed E-state index contributed by atoms with van der Waals surface area (Å²) in [6.07, 6.45) is 2.94. The van der Waals surface area contributed by atoms with Gasteiger partial charge in [-0.05, 0) is 31.2 Å². The Balaban J connectivity index is 1.72. The van der Waals surface area contributed by atoms with E-state index >= 15 is 0 Å². The molecule has 0 aliphatic carbocycles. The van der Waals surface area contributed by atoms with Crippen LogP contribution < -0.4 is 21.3 Å². The van der Waals surface area contributed by atoms with Gasteiger partial charge in [0.15, 0.2) is 5.65 Å². The zero-order chi connectivity index (χ0) is 22.7. The van der Waals surface area contributed by atoms with E-state index < -0.39 is 17.8 Å². The molecule has 1 saturated heterocycles. The van der Waals surface area contributed by atoms with Gasteiger partial charge in [0.2, 0.25) is 11.9 Å². The van der Waals surface area contributed by atoms with Crippen LogP contribution in [0.1, 0.15) is 12.5 Å². The molecule has 0 bridgehead atoms. The highest BCUT2D eigenvalue weighted by atomic mass is 35.5. The third-order valence-corrected chi connectivity index (χ3v) is 4.61. The smallest absolute Gasteiger partial charge is 0.326 e. The van der Waals surface area contributed by atoms with Crippen molar-refractivity contribution in [2.45, 2.75) is 6.92 Å². The zero-order valence-corrected chi connectivity index (χ0v) is 17.5. The van der Waals surface area contributed by atoms with E-state index in [4.69, 9.17) is 16.3 Å². The summed E-state index contributed by atoms with van der Waals surface area (Å²) >= 11 is 5.86. The summed E-state index contributed by atoms with van der Waals surface area (Å²) in [5.74, 6) is -0.569. The summed E-state index contributed by atoms with van der Waals surface area (Å²) < 4.78 is 20.3. The summed E-state index contributed by atoms with van der Waals surface area (Å²) in [5.41, 5.74) is 1.36. The standard InChI is InChI=1S/C19H18ClFN8O3/c1-2-32-6-5-22-18-28-17(24-11-3-4-13(21)12(20)8-11)26-15-10(9-23-29(15)18)7-14-16(30)27-19(31)25-14/h3-4,7-9H,2,5-6H2,1H3,(H2,22,24,26,28)(H2,25,27,30,31)/b14-7-. The molecule has 32 heavy (non-hydrogen) atoms. The van der Waals surface area contributed by atoms with Gasteiger partial charge >= 0.3 is 6.03 Å². The minimum absolute atomic E-state index is 0.0519. The van der Waals surface area contributed by atoms with Crippen LogP contribution in [0, 0.1) is 5.82 Å². The van der Waals surface area contributed by atoms with Crippen molar-refractivity contribution in [1.82, 2.24) is 30.2 Å². The van der Waals surface area contributed by atoms with E-state index in [1.54, 1.807) is 0 Å².